The molecule has 0 atom stereocenters. The van der Waals surface area contributed by atoms with Crippen LogP contribution >= 0.6 is 0 Å². The van der Waals surface area contributed by atoms with E-state index in [0.717, 1.165) is 12.1 Å². The van der Waals surface area contributed by atoms with E-state index in [0.29, 0.717) is 23.4 Å². The van der Waals surface area contributed by atoms with Gasteiger partial charge < -0.3 is 9.52 Å². The zero-order valence-electron chi connectivity index (χ0n) is 10.2. The molecule has 19 heavy (non-hydrogen) atoms. The Labute approximate surface area is 107 Å². The van der Waals surface area contributed by atoms with E-state index in [9.17, 15) is 13.2 Å². The van der Waals surface area contributed by atoms with Crippen molar-refractivity contribution in [2.45, 2.75) is 26.1 Å². The number of hydrogen-bond acceptors (Lipinski definition) is 3. The highest BCUT2D eigenvalue weighted by Crippen LogP contribution is 2.31. The second-order valence-electron chi connectivity index (χ2n) is 3.98. The molecule has 2 rings (SSSR count). The van der Waals surface area contributed by atoms with E-state index in [-0.39, 0.29) is 12.5 Å². The molecule has 3 nitrogen and oxygen atoms in total. The molecular weight excluding hydrogens is 259 g/mol. The van der Waals surface area contributed by atoms with Crippen LogP contribution in [0.4, 0.5) is 13.2 Å². The van der Waals surface area contributed by atoms with Crippen LogP contribution < -0.4 is 0 Å². The van der Waals surface area contributed by atoms with Gasteiger partial charge in [-0.15, -0.1) is 0 Å². The number of nitrogens with zero attached hydrogens (tertiary/aromatic N) is 1. The lowest BCUT2D eigenvalue weighted by molar-refractivity contribution is -0.137. The lowest BCUT2D eigenvalue weighted by Crippen LogP contribution is -2.03. The van der Waals surface area contributed by atoms with Crippen LogP contribution in [0.1, 0.15) is 23.9 Å². The standard InChI is InChI=1S/C13H12F3NO2/c1-2-10-11(7-18)19-12(17-10)8-3-5-9(6-4-8)13(14,15)16/h3-6,18H,2,7H2,1H3. The molecule has 0 aliphatic heterocycles. The van der Waals surface area contributed by atoms with Gasteiger partial charge >= 0.3 is 6.18 Å². The summed E-state index contributed by atoms with van der Waals surface area (Å²) in [6.45, 7) is 1.57. The molecule has 0 aliphatic carbocycles. The Morgan fingerprint density at radius 1 is 1.21 bits per heavy atom. The first-order chi connectivity index (χ1) is 8.95. The van der Waals surface area contributed by atoms with E-state index in [1.807, 2.05) is 6.92 Å². The summed E-state index contributed by atoms with van der Waals surface area (Å²) in [5.41, 5.74) is 0.334. The van der Waals surface area contributed by atoms with Crippen LogP contribution in [-0.2, 0) is 19.2 Å². The number of aryl methyl sites for hydroxylation is 1. The van der Waals surface area contributed by atoms with E-state index in [4.69, 9.17) is 9.52 Å². The van der Waals surface area contributed by atoms with E-state index in [2.05, 4.69) is 4.98 Å². The highest BCUT2D eigenvalue weighted by atomic mass is 19.4. The van der Waals surface area contributed by atoms with Crippen LogP contribution in [0.3, 0.4) is 0 Å². The van der Waals surface area contributed by atoms with E-state index >= 15 is 0 Å². The molecule has 0 saturated heterocycles. The molecule has 6 heteroatoms. The van der Waals surface area contributed by atoms with E-state index in [1.54, 1.807) is 0 Å². The molecular formula is C13H12F3NO2. The van der Waals surface area contributed by atoms with E-state index in [1.165, 1.54) is 12.1 Å². The SMILES string of the molecule is CCc1nc(-c2ccc(C(F)(F)F)cc2)oc1CO. The van der Waals surface area contributed by atoms with Crippen molar-refractivity contribution in [3.63, 3.8) is 0 Å². The predicted molar refractivity (Wildman–Crippen MR) is 62.2 cm³/mol. The number of aliphatic hydroxyl groups excluding tert-OH is 1. The zero-order chi connectivity index (χ0) is 14.0. The number of benzene rings is 1. The normalized spacial score (nSPS) is 11.8. The van der Waals surface area contributed by atoms with Gasteiger partial charge in [0.1, 0.15) is 6.61 Å². The Hall–Kier alpha value is -1.82. The molecule has 0 fully saturated rings. The van der Waals surface area contributed by atoms with Crippen molar-refractivity contribution in [1.29, 1.82) is 0 Å². The minimum Gasteiger partial charge on any atom is -0.438 e. The Balaban J connectivity index is 2.34. The molecule has 0 radical (unpaired) electrons. The molecule has 1 aromatic heterocycles. The summed E-state index contributed by atoms with van der Waals surface area (Å²) >= 11 is 0. The molecule has 0 bridgehead atoms. The maximum absolute atomic E-state index is 12.4. The minimum atomic E-state index is -4.36. The summed E-state index contributed by atoms with van der Waals surface area (Å²) < 4.78 is 42.6. The van der Waals surface area contributed by atoms with Gasteiger partial charge in [-0.25, -0.2) is 4.98 Å². The third-order valence-electron chi connectivity index (χ3n) is 2.72. The van der Waals surface area contributed by atoms with Crippen molar-refractivity contribution in [2.24, 2.45) is 0 Å². The third kappa shape index (κ3) is 2.78. The molecule has 0 amide bonds. The van der Waals surface area contributed by atoms with Crippen molar-refractivity contribution in [2.75, 3.05) is 0 Å². The van der Waals surface area contributed by atoms with Gasteiger partial charge in [-0.3, -0.25) is 0 Å². The molecule has 1 N–H and O–H groups in total. The molecule has 2 aromatic rings. The number of rotatable bonds is 3. The maximum atomic E-state index is 12.4. The highest BCUT2D eigenvalue weighted by Gasteiger charge is 2.30. The fourth-order valence-electron chi connectivity index (χ4n) is 1.71. The number of aromatic nitrogens is 1. The minimum absolute atomic E-state index is 0.217. The first-order valence-electron chi connectivity index (χ1n) is 5.72. The average molecular weight is 271 g/mol. The predicted octanol–water partition coefficient (Wildman–Crippen LogP) is 3.42. The lowest BCUT2D eigenvalue weighted by atomic mass is 10.1. The molecule has 102 valence electrons. The Morgan fingerprint density at radius 2 is 1.84 bits per heavy atom. The van der Waals surface area contributed by atoms with Crippen molar-refractivity contribution < 1.29 is 22.7 Å². The molecule has 0 saturated carbocycles. The van der Waals surface area contributed by atoms with Crippen LogP contribution in [0.2, 0.25) is 0 Å². The molecule has 1 aromatic carbocycles. The Kier molecular flexibility index (Phi) is 3.61. The van der Waals surface area contributed by atoms with Crippen LogP contribution in [0.5, 0.6) is 0 Å². The van der Waals surface area contributed by atoms with E-state index < -0.39 is 11.7 Å². The topological polar surface area (TPSA) is 46.3 Å². The van der Waals surface area contributed by atoms with Crippen LogP contribution in [0.15, 0.2) is 28.7 Å². The smallest absolute Gasteiger partial charge is 0.416 e. The number of hydrogen-bond donors (Lipinski definition) is 1. The number of oxazole rings is 1. The zero-order valence-corrected chi connectivity index (χ0v) is 10.2. The third-order valence-corrected chi connectivity index (χ3v) is 2.72. The second-order valence-corrected chi connectivity index (χ2v) is 3.98. The molecule has 0 spiro atoms. The maximum Gasteiger partial charge on any atom is 0.416 e. The summed E-state index contributed by atoms with van der Waals surface area (Å²) in [7, 11) is 0. The van der Waals surface area contributed by atoms with Gasteiger partial charge in [0.05, 0.1) is 11.3 Å². The van der Waals surface area contributed by atoms with Crippen molar-refractivity contribution in [3.8, 4) is 11.5 Å². The fourth-order valence-corrected chi connectivity index (χ4v) is 1.71. The van der Waals surface area contributed by atoms with Crippen LogP contribution in [0.25, 0.3) is 11.5 Å². The molecule has 0 unspecified atom stereocenters. The number of halogens is 3. The van der Waals surface area contributed by atoms with Crippen LogP contribution in [-0.4, -0.2) is 10.1 Å². The summed E-state index contributed by atoms with van der Waals surface area (Å²) in [6.07, 6.45) is -3.78. The number of aliphatic hydroxyl groups is 1. The largest absolute Gasteiger partial charge is 0.438 e. The van der Waals surface area contributed by atoms with Crippen molar-refractivity contribution in [1.82, 2.24) is 4.98 Å². The van der Waals surface area contributed by atoms with Gasteiger partial charge in [-0.1, -0.05) is 6.92 Å². The fraction of sp³-hybridized carbons (Fsp3) is 0.308. The molecule has 1 heterocycles. The van der Waals surface area contributed by atoms with Crippen molar-refractivity contribution >= 4 is 0 Å². The van der Waals surface area contributed by atoms with Crippen molar-refractivity contribution in [3.05, 3.63) is 41.3 Å². The van der Waals surface area contributed by atoms with Gasteiger partial charge in [-0.05, 0) is 30.7 Å². The van der Waals surface area contributed by atoms with Gasteiger partial charge in [0.2, 0.25) is 5.89 Å². The van der Waals surface area contributed by atoms with Gasteiger partial charge in [-0.2, -0.15) is 13.2 Å². The number of alkyl halides is 3. The summed E-state index contributed by atoms with van der Waals surface area (Å²) in [6, 6.07) is 4.55. The quantitative estimate of drug-likeness (QED) is 0.930. The first-order valence-corrected chi connectivity index (χ1v) is 5.72. The first kappa shape index (κ1) is 13.6. The Morgan fingerprint density at radius 3 is 2.26 bits per heavy atom. The van der Waals surface area contributed by atoms with Gasteiger partial charge in [0.15, 0.2) is 5.76 Å². The highest BCUT2D eigenvalue weighted by molar-refractivity contribution is 5.54. The summed E-state index contributed by atoms with van der Waals surface area (Å²) in [4.78, 5) is 4.15. The van der Waals surface area contributed by atoms with Gasteiger partial charge in [0, 0.05) is 5.56 Å². The molecule has 0 aliphatic rings. The lowest BCUT2D eigenvalue weighted by Gasteiger charge is -2.06. The van der Waals surface area contributed by atoms with Gasteiger partial charge in [0.25, 0.3) is 0 Å². The summed E-state index contributed by atoms with van der Waals surface area (Å²) in [5.74, 6) is 0.562. The van der Waals surface area contributed by atoms with Crippen LogP contribution in [0, 0.1) is 0 Å². The second kappa shape index (κ2) is 5.05. The summed E-state index contributed by atoms with van der Waals surface area (Å²) in [5, 5.41) is 9.08. The average Bonchev–Trinajstić information content (AvgIpc) is 2.81. The Bertz CT molecular complexity index is 537. The monoisotopic (exact) mass is 271 g/mol.